The fourth-order valence-corrected chi connectivity index (χ4v) is 1.99. The van der Waals surface area contributed by atoms with Crippen LogP contribution in [-0.4, -0.2) is 13.3 Å². The molecule has 0 heterocycles. The Hall–Kier alpha value is -1.88. The molecule has 0 aliphatic carbocycles. The van der Waals surface area contributed by atoms with E-state index in [4.69, 9.17) is 16.3 Å². The lowest BCUT2D eigenvalue weighted by molar-refractivity contribution is -0.144. The molecule has 0 aliphatic heterocycles. The smallest absolute Gasteiger partial charge is 0.412 e. The summed E-state index contributed by atoms with van der Waals surface area (Å²) >= 11 is 5.71. The molecule has 0 radical (unpaired) electrons. The molecule has 0 aromatic heterocycles. The van der Waals surface area contributed by atoms with Crippen LogP contribution in [0.1, 0.15) is 11.6 Å². The summed E-state index contributed by atoms with van der Waals surface area (Å²) in [5.74, 6) is 0.579. The first-order valence-corrected chi connectivity index (χ1v) is 6.51. The summed E-state index contributed by atoms with van der Waals surface area (Å²) in [6.45, 7) is 0. The minimum absolute atomic E-state index is 0.0997. The van der Waals surface area contributed by atoms with Gasteiger partial charge >= 0.3 is 6.18 Å². The van der Waals surface area contributed by atoms with Gasteiger partial charge in [-0.1, -0.05) is 23.7 Å². The van der Waals surface area contributed by atoms with E-state index in [1.54, 1.807) is 12.1 Å². The Morgan fingerprint density at radius 3 is 2.05 bits per heavy atom. The Labute approximate surface area is 125 Å². The van der Waals surface area contributed by atoms with E-state index in [9.17, 15) is 13.2 Å². The van der Waals surface area contributed by atoms with Crippen molar-refractivity contribution in [2.75, 3.05) is 12.4 Å². The SMILES string of the molecule is COc1ccc(NC(c2ccc(Cl)cc2)C(F)(F)F)cc1. The summed E-state index contributed by atoms with van der Waals surface area (Å²) < 4.78 is 44.6. The number of anilines is 1. The van der Waals surface area contributed by atoms with Gasteiger partial charge in [-0.3, -0.25) is 0 Å². The quantitative estimate of drug-likeness (QED) is 0.851. The number of alkyl halides is 3. The summed E-state index contributed by atoms with van der Waals surface area (Å²) in [6.07, 6.45) is -4.42. The number of nitrogens with one attached hydrogen (secondary N) is 1. The topological polar surface area (TPSA) is 21.3 Å². The molecule has 0 saturated carbocycles. The van der Waals surface area contributed by atoms with E-state index in [1.807, 2.05) is 0 Å². The monoisotopic (exact) mass is 315 g/mol. The molecular weight excluding hydrogens is 303 g/mol. The van der Waals surface area contributed by atoms with Gasteiger partial charge in [-0.25, -0.2) is 0 Å². The number of ether oxygens (including phenoxy) is 1. The van der Waals surface area contributed by atoms with Gasteiger partial charge in [-0.05, 0) is 42.0 Å². The first-order valence-electron chi connectivity index (χ1n) is 6.13. The zero-order valence-electron chi connectivity index (χ0n) is 11.1. The lowest BCUT2D eigenvalue weighted by atomic mass is 10.1. The Balaban J connectivity index is 2.26. The van der Waals surface area contributed by atoms with Crippen molar-refractivity contribution in [1.29, 1.82) is 0 Å². The van der Waals surface area contributed by atoms with Crippen LogP contribution in [0.15, 0.2) is 48.5 Å². The van der Waals surface area contributed by atoms with E-state index < -0.39 is 12.2 Å². The van der Waals surface area contributed by atoms with Crippen molar-refractivity contribution in [3.05, 3.63) is 59.1 Å². The molecule has 0 fully saturated rings. The Kier molecular flexibility index (Phi) is 4.63. The van der Waals surface area contributed by atoms with Crippen LogP contribution in [0, 0.1) is 0 Å². The van der Waals surface area contributed by atoms with Gasteiger partial charge in [0.25, 0.3) is 0 Å². The van der Waals surface area contributed by atoms with Crippen LogP contribution in [0.3, 0.4) is 0 Å². The van der Waals surface area contributed by atoms with Crippen molar-refractivity contribution < 1.29 is 17.9 Å². The molecular formula is C15H13ClF3NO. The normalized spacial score (nSPS) is 12.8. The second-order valence-corrected chi connectivity index (χ2v) is 4.84. The summed E-state index contributed by atoms with van der Waals surface area (Å²) in [7, 11) is 1.49. The van der Waals surface area contributed by atoms with Crippen LogP contribution < -0.4 is 10.1 Å². The van der Waals surface area contributed by atoms with E-state index in [0.717, 1.165) is 0 Å². The molecule has 0 aliphatic rings. The van der Waals surface area contributed by atoms with Crippen molar-refractivity contribution in [2.24, 2.45) is 0 Å². The predicted octanol–water partition coefficient (Wildman–Crippen LogP) is 5.06. The van der Waals surface area contributed by atoms with Gasteiger partial charge < -0.3 is 10.1 Å². The maximum atomic E-state index is 13.2. The van der Waals surface area contributed by atoms with E-state index in [1.165, 1.54) is 43.5 Å². The van der Waals surface area contributed by atoms with Crippen LogP contribution in [0.5, 0.6) is 5.75 Å². The average molecular weight is 316 g/mol. The highest BCUT2D eigenvalue weighted by Crippen LogP contribution is 2.36. The van der Waals surface area contributed by atoms with Crippen molar-refractivity contribution in [2.45, 2.75) is 12.2 Å². The number of methoxy groups -OCH3 is 1. The highest BCUT2D eigenvalue weighted by atomic mass is 35.5. The van der Waals surface area contributed by atoms with E-state index in [2.05, 4.69) is 5.32 Å². The first kappa shape index (κ1) is 15.5. The van der Waals surface area contributed by atoms with E-state index in [0.29, 0.717) is 16.5 Å². The van der Waals surface area contributed by atoms with Crippen molar-refractivity contribution >= 4 is 17.3 Å². The molecule has 2 aromatic carbocycles. The van der Waals surface area contributed by atoms with Gasteiger partial charge in [0.15, 0.2) is 0 Å². The third-order valence-electron chi connectivity index (χ3n) is 2.93. The fraction of sp³-hybridized carbons (Fsp3) is 0.200. The van der Waals surface area contributed by atoms with Gasteiger partial charge in [-0.15, -0.1) is 0 Å². The van der Waals surface area contributed by atoms with Crippen LogP contribution in [0.25, 0.3) is 0 Å². The molecule has 0 amide bonds. The summed E-state index contributed by atoms with van der Waals surface area (Å²) in [5, 5.41) is 2.88. The third kappa shape index (κ3) is 4.04. The molecule has 6 heteroatoms. The lowest BCUT2D eigenvalue weighted by Gasteiger charge is -2.23. The van der Waals surface area contributed by atoms with Gasteiger partial charge in [0.1, 0.15) is 11.8 Å². The Bertz CT molecular complexity index is 581. The third-order valence-corrected chi connectivity index (χ3v) is 3.18. The van der Waals surface area contributed by atoms with Gasteiger partial charge in [0, 0.05) is 10.7 Å². The molecule has 0 bridgehead atoms. The molecule has 0 saturated heterocycles. The number of rotatable bonds is 4. The average Bonchev–Trinajstić information content (AvgIpc) is 2.45. The standard InChI is InChI=1S/C15H13ClF3NO/c1-21-13-8-6-12(7-9-13)20-14(15(17,18)19)10-2-4-11(16)5-3-10/h2-9,14,20H,1H3. The first-order chi connectivity index (χ1) is 9.90. The van der Waals surface area contributed by atoms with Crippen molar-refractivity contribution in [1.82, 2.24) is 0 Å². The zero-order valence-corrected chi connectivity index (χ0v) is 11.9. The minimum Gasteiger partial charge on any atom is -0.497 e. The van der Waals surface area contributed by atoms with Gasteiger partial charge in [0.2, 0.25) is 0 Å². The van der Waals surface area contributed by atoms with Crippen LogP contribution >= 0.6 is 11.6 Å². The number of hydrogen-bond acceptors (Lipinski definition) is 2. The second kappa shape index (κ2) is 6.26. The number of hydrogen-bond donors (Lipinski definition) is 1. The summed E-state index contributed by atoms with van der Waals surface area (Å²) in [6, 6.07) is 10.0. The van der Waals surface area contributed by atoms with Crippen molar-refractivity contribution in [3.8, 4) is 5.75 Å². The highest BCUT2D eigenvalue weighted by molar-refractivity contribution is 6.30. The van der Waals surface area contributed by atoms with Gasteiger partial charge in [-0.2, -0.15) is 13.2 Å². The molecule has 2 aromatic rings. The molecule has 2 nitrogen and oxygen atoms in total. The molecule has 2 rings (SSSR count). The summed E-state index contributed by atoms with van der Waals surface area (Å²) in [5.41, 5.74) is 0.454. The lowest BCUT2D eigenvalue weighted by Crippen LogP contribution is -2.27. The van der Waals surface area contributed by atoms with E-state index >= 15 is 0 Å². The number of halogens is 4. The fourth-order valence-electron chi connectivity index (χ4n) is 1.86. The second-order valence-electron chi connectivity index (χ2n) is 4.40. The van der Waals surface area contributed by atoms with Crippen LogP contribution in [-0.2, 0) is 0 Å². The van der Waals surface area contributed by atoms with Crippen LogP contribution in [0.4, 0.5) is 18.9 Å². The molecule has 0 spiro atoms. The maximum absolute atomic E-state index is 13.2. The minimum atomic E-state index is -4.42. The van der Waals surface area contributed by atoms with Crippen molar-refractivity contribution in [3.63, 3.8) is 0 Å². The maximum Gasteiger partial charge on any atom is 0.412 e. The molecule has 1 unspecified atom stereocenters. The Morgan fingerprint density at radius 1 is 1.00 bits per heavy atom. The molecule has 1 atom stereocenters. The van der Waals surface area contributed by atoms with Crippen LogP contribution in [0.2, 0.25) is 5.02 Å². The predicted molar refractivity (Wildman–Crippen MR) is 76.9 cm³/mol. The highest BCUT2D eigenvalue weighted by Gasteiger charge is 2.40. The molecule has 1 N–H and O–H groups in total. The molecule has 112 valence electrons. The van der Waals surface area contributed by atoms with Gasteiger partial charge in [0.05, 0.1) is 7.11 Å². The zero-order chi connectivity index (χ0) is 15.5. The number of benzene rings is 2. The largest absolute Gasteiger partial charge is 0.497 e. The molecule has 21 heavy (non-hydrogen) atoms. The summed E-state index contributed by atoms with van der Waals surface area (Å²) in [4.78, 5) is 0. The Morgan fingerprint density at radius 2 is 1.57 bits per heavy atom. The van der Waals surface area contributed by atoms with E-state index in [-0.39, 0.29) is 5.56 Å².